The molecule has 0 aromatic heterocycles. The Morgan fingerprint density at radius 2 is 0.513 bits per heavy atom. The standard InChI is InChI=1S/C70H126O6/c1-4-7-10-13-16-18-20-22-24-26-28-30-32-33-34-35-36-37-39-40-42-44-46-48-50-52-54-57-60-63-69(72)75-66-67(65-74-68(71)62-59-56-15-12-9-6-3)76-70(73)64-61-58-55-53-51-49-47-45-43-41-38-31-29-27-25-23-21-19-17-14-11-8-5-2/h8,11,17,19,23,25,29,31,41,43,67H,4-7,9-10,12-16,18,20-22,24,26-28,30,32-40,42,44-66H2,1-3H3/b11-8-,19-17-,25-23-,31-29-,43-41-. The lowest BCUT2D eigenvalue weighted by Gasteiger charge is -2.18. The maximum Gasteiger partial charge on any atom is 0.306 e. The van der Waals surface area contributed by atoms with Gasteiger partial charge < -0.3 is 14.2 Å². The van der Waals surface area contributed by atoms with Crippen LogP contribution in [0, 0.1) is 0 Å². The number of hydrogen-bond donors (Lipinski definition) is 0. The summed E-state index contributed by atoms with van der Waals surface area (Å²) >= 11 is 0. The molecule has 0 amide bonds. The van der Waals surface area contributed by atoms with Crippen molar-refractivity contribution in [2.75, 3.05) is 13.2 Å². The summed E-state index contributed by atoms with van der Waals surface area (Å²) in [6, 6.07) is 0. The summed E-state index contributed by atoms with van der Waals surface area (Å²) in [6.45, 7) is 6.51. The number of ether oxygens (including phenoxy) is 3. The summed E-state index contributed by atoms with van der Waals surface area (Å²) < 4.78 is 16.8. The lowest BCUT2D eigenvalue weighted by atomic mass is 10.0. The Hall–Kier alpha value is -2.89. The molecule has 0 heterocycles. The average molecular weight is 1060 g/mol. The van der Waals surface area contributed by atoms with E-state index in [1.54, 1.807) is 0 Å². The van der Waals surface area contributed by atoms with Gasteiger partial charge in [-0.2, -0.15) is 0 Å². The zero-order valence-electron chi connectivity index (χ0n) is 50.8. The predicted octanol–water partition coefficient (Wildman–Crippen LogP) is 22.7. The van der Waals surface area contributed by atoms with E-state index in [0.717, 1.165) is 96.3 Å². The molecule has 0 aliphatic rings. The van der Waals surface area contributed by atoms with Crippen LogP contribution in [0.5, 0.6) is 0 Å². The summed E-state index contributed by atoms with van der Waals surface area (Å²) in [5, 5.41) is 0. The van der Waals surface area contributed by atoms with Gasteiger partial charge in [-0.3, -0.25) is 14.4 Å². The minimum atomic E-state index is -0.776. The number of unbranched alkanes of at least 4 members (excludes halogenated alkanes) is 40. The molecule has 0 spiro atoms. The molecule has 0 rings (SSSR count). The van der Waals surface area contributed by atoms with Crippen LogP contribution in [0.1, 0.15) is 348 Å². The Balaban J connectivity index is 4.03. The number of hydrogen-bond acceptors (Lipinski definition) is 6. The number of rotatable bonds is 61. The molecular formula is C70H126O6. The van der Waals surface area contributed by atoms with E-state index < -0.39 is 6.10 Å². The van der Waals surface area contributed by atoms with Crippen molar-refractivity contribution in [3.05, 3.63) is 60.8 Å². The first kappa shape index (κ1) is 73.1. The SMILES string of the molecule is CC/C=C\C/C=C\C/C=C\C/C=C\C/C=C\CCCCCCCCCC(=O)OC(COC(=O)CCCCCCCC)COC(=O)CCCCCCCCCCCCCCCCCCCCCCCCCCCCCCC. The second kappa shape index (κ2) is 64.6. The van der Waals surface area contributed by atoms with E-state index in [1.807, 2.05) is 0 Å². The van der Waals surface area contributed by atoms with E-state index in [2.05, 4.69) is 81.5 Å². The molecule has 6 nitrogen and oxygen atoms in total. The summed E-state index contributed by atoms with van der Waals surface area (Å²) in [7, 11) is 0. The predicted molar refractivity (Wildman–Crippen MR) is 330 cm³/mol. The quantitative estimate of drug-likeness (QED) is 0.0261. The zero-order chi connectivity index (χ0) is 55.0. The fourth-order valence-electron chi connectivity index (χ4n) is 9.83. The molecule has 0 bridgehead atoms. The third-order valence-electron chi connectivity index (χ3n) is 14.8. The molecule has 0 N–H and O–H groups in total. The highest BCUT2D eigenvalue weighted by Crippen LogP contribution is 2.18. The number of carbonyl (C=O) groups excluding carboxylic acids is 3. The van der Waals surface area contributed by atoms with Gasteiger partial charge >= 0.3 is 17.9 Å². The molecule has 0 aliphatic carbocycles. The number of esters is 3. The molecular weight excluding hydrogens is 937 g/mol. The normalized spacial score (nSPS) is 12.4. The van der Waals surface area contributed by atoms with Crippen LogP contribution in [0.3, 0.4) is 0 Å². The molecule has 0 aromatic carbocycles. The van der Waals surface area contributed by atoms with Crippen LogP contribution in [0.25, 0.3) is 0 Å². The highest BCUT2D eigenvalue weighted by molar-refractivity contribution is 5.71. The van der Waals surface area contributed by atoms with Crippen molar-refractivity contribution in [1.82, 2.24) is 0 Å². The summed E-state index contributed by atoms with van der Waals surface area (Å²) in [5.41, 5.74) is 0. The second-order valence-electron chi connectivity index (χ2n) is 22.4. The smallest absolute Gasteiger partial charge is 0.306 e. The molecule has 0 aromatic rings. The molecule has 0 radical (unpaired) electrons. The van der Waals surface area contributed by atoms with Crippen LogP contribution in [-0.4, -0.2) is 37.2 Å². The molecule has 0 saturated heterocycles. The third-order valence-corrected chi connectivity index (χ3v) is 14.8. The van der Waals surface area contributed by atoms with Gasteiger partial charge in [0.05, 0.1) is 0 Å². The van der Waals surface area contributed by atoms with Crippen molar-refractivity contribution in [3.63, 3.8) is 0 Å². The Morgan fingerprint density at radius 3 is 0.803 bits per heavy atom. The van der Waals surface area contributed by atoms with Gasteiger partial charge in [-0.05, 0) is 64.2 Å². The molecule has 442 valence electrons. The van der Waals surface area contributed by atoms with Gasteiger partial charge in [0.25, 0.3) is 0 Å². The van der Waals surface area contributed by atoms with Gasteiger partial charge in [0.1, 0.15) is 13.2 Å². The first-order valence-electron chi connectivity index (χ1n) is 33.3. The van der Waals surface area contributed by atoms with E-state index in [-0.39, 0.29) is 31.1 Å². The molecule has 0 aliphatic heterocycles. The molecule has 6 heteroatoms. The zero-order valence-corrected chi connectivity index (χ0v) is 50.8. The second-order valence-corrected chi connectivity index (χ2v) is 22.4. The van der Waals surface area contributed by atoms with Crippen LogP contribution in [0.2, 0.25) is 0 Å². The van der Waals surface area contributed by atoms with E-state index in [0.29, 0.717) is 19.3 Å². The average Bonchev–Trinajstić information content (AvgIpc) is 3.42. The summed E-state index contributed by atoms with van der Waals surface area (Å²) in [6.07, 6.45) is 82.9. The Morgan fingerprint density at radius 1 is 0.276 bits per heavy atom. The van der Waals surface area contributed by atoms with Crippen molar-refractivity contribution in [2.45, 2.75) is 354 Å². The largest absolute Gasteiger partial charge is 0.462 e. The van der Waals surface area contributed by atoms with Crippen LogP contribution in [0.15, 0.2) is 60.8 Å². The Kier molecular flexibility index (Phi) is 62.2. The van der Waals surface area contributed by atoms with Crippen molar-refractivity contribution in [3.8, 4) is 0 Å². The molecule has 1 unspecified atom stereocenters. The first-order chi connectivity index (χ1) is 37.5. The highest BCUT2D eigenvalue weighted by atomic mass is 16.6. The van der Waals surface area contributed by atoms with E-state index >= 15 is 0 Å². The number of allylic oxidation sites excluding steroid dienone is 10. The van der Waals surface area contributed by atoms with Gasteiger partial charge in [0, 0.05) is 19.3 Å². The molecule has 76 heavy (non-hydrogen) atoms. The van der Waals surface area contributed by atoms with Crippen molar-refractivity contribution in [1.29, 1.82) is 0 Å². The summed E-state index contributed by atoms with van der Waals surface area (Å²) in [4.78, 5) is 38.0. The van der Waals surface area contributed by atoms with Crippen molar-refractivity contribution >= 4 is 17.9 Å². The summed E-state index contributed by atoms with van der Waals surface area (Å²) in [5.74, 6) is -0.880. The van der Waals surface area contributed by atoms with Gasteiger partial charge in [-0.25, -0.2) is 0 Å². The molecule has 1 atom stereocenters. The van der Waals surface area contributed by atoms with E-state index in [9.17, 15) is 14.4 Å². The van der Waals surface area contributed by atoms with Gasteiger partial charge in [0.2, 0.25) is 0 Å². The Labute approximate surface area is 472 Å². The van der Waals surface area contributed by atoms with Crippen LogP contribution >= 0.6 is 0 Å². The minimum absolute atomic E-state index is 0.0753. The molecule has 0 fully saturated rings. The van der Waals surface area contributed by atoms with Crippen LogP contribution in [-0.2, 0) is 28.6 Å². The van der Waals surface area contributed by atoms with E-state index in [1.165, 1.54) is 212 Å². The van der Waals surface area contributed by atoms with Crippen LogP contribution in [0.4, 0.5) is 0 Å². The van der Waals surface area contributed by atoms with Gasteiger partial charge in [-0.15, -0.1) is 0 Å². The minimum Gasteiger partial charge on any atom is -0.462 e. The van der Waals surface area contributed by atoms with Crippen molar-refractivity contribution in [2.24, 2.45) is 0 Å². The maximum atomic E-state index is 12.8. The number of carbonyl (C=O) groups is 3. The van der Waals surface area contributed by atoms with Gasteiger partial charge in [-0.1, -0.05) is 326 Å². The van der Waals surface area contributed by atoms with Crippen molar-refractivity contribution < 1.29 is 28.6 Å². The van der Waals surface area contributed by atoms with E-state index in [4.69, 9.17) is 14.2 Å². The highest BCUT2D eigenvalue weighted by Gasteiger charge is 2.19. The molecule has 0 saturated carbocycles. The monoisotopic (exact) mass is 1060 g/mol. The maximum absolute atomic E-state index is 12.8. The Bertz CT molecular complexity index is 1360. The van der Waals surface area contributed by atoms with Gasteiger partial charge in [0.15, 0.2) is 6.10 Å². The fraction of sp³-hybridized carbons (Fsp3) is 0.814. The third kappa shape index (κ3) is 62.0. The topological polar surface area (TPSA) is 78.9 Å². The lowest BCUT2D eigenvalue weighted by Crippen LogP contribution is -2.30. The first-order valence-corrected chi connectivity index (χ1v) is 33.3. The van der Waals surface area contributed by atoms with Crippen LogP contribution < -0.4 is 0 Å². The lowest BCUT2D eigenvalue weighted by molar-refractivity contribution is -0.167. The fourth-order valence-corrected chi connectivity index (χ4v) is 9.83.